The van der Waals surface area contributed by atoms with Crippen LogP contribution in [0.2, 0.25) is 0 Å². The number of nitrogens with one attached hydrogen (secondary N) is 1. The minimum absolute atomic E-state index is 0.0216. The van der Waals surface area contributed by atoms with Crippen LogP contribution >= 0.6 is 0 Å². The highest BCUT2D eigenvalue weighted by atomic mass is 32.2. The predicted octanol–water partition coefficient (Wildman–Crippen LogP) is 1.09. The molecule has 1 heterocycles. The van der Waals surface area contributed by atoms with Crippen molar-refractivity contribution in [2.45, 2.75) is 43.2 Å². The molecular formula is C10H17F3N2O2S. The van der Waals surface area contributed by atoms with E-state index in [2.05, 4.69) is 4.72 Å². The molecular weight excluding hydrogens is 269 g/mol. The highest BCUT2D eigenvalue weighted by Gasteiger charge is 2.42. The number of hydrogen-bond donors (Lipinski definition) is 1. The highest BCUT2D eigenvalue weighted by Crippen LogP contribution is 2.24. The lowest BCUT2D eigenvalue weighted by Gasteiger charge is -2.39. The first-order chi connectivity index (χ1) is 8.26. The van der Waals surface area contributed by atoms with Gasteiger partial charge in [-0.2, -0.15) is 13.2 Å². The van der Waals surface area contributed by atoms with Crippen LogP contribution in [0.4, 0.5) is 13.2 Å². The third kappa shape index (κ3) is 3.58. The summed E-state index contributed by atoms with van der Waals surface area (Å²) < 4.78 is 62.5. The molecule has 0 aromatic heterocycles. The molecule has 1 aliphatic heterocycles. The van der Waals surface area contributed by atoms with E-state index in [0.29, 0.717) is 0 Å². The topological polar surface area (TPSA) is 49.4 Å². The first-order valence-electron chi connectivity index (χ1n) is 6.06. The molecule has 2 fully saturated rings. The van der Waals surface area contributed by atoms with Gasteiger partial charge in [0.2, 0.25) is 10.0 Å². The molecule has 2 aliphatic rings. The molecule has 1 aliphatic carbocycles. The number of halogens is 3. The van der Waals surface area contributed by atoms with E-state index in [9.17, 15) is 21.6 Å². The van der Waals surface area contributed by atoms with Crippen molar-refractivity contribution in [3.05, 3.63) is 0 Å². The molecule has 0 spiro atoms. The smallest absolute Gasteiger partial charge is 0.292 e. The maximum Gasteiger partial charge on any atom is 0.401 e. The number of alkyl halides is 3. The van der Waals surface area contributed by atoms with Crippen molar-refractivity contribution in [2.75, 3.05) is 19.6 Å². The maximum absolute atomic E-state index is 12.1. The van der Waals surface area contributed by atoms with E-state index in [4.69, 9.17) is 0 Å². The van der Waals surface area contributed by atoms with Crippen LogP contribution in [0, 0.1) is 0 Å². The van der Waals surface area contributed by atoms with E-state index >= 15 is 0 Å². The zero-order valence-electron chi connectivity index (χ0n) is 9.91. The molecule has 18 heavy (non-hydrogen) atoms. The molecule has 2 rings (SSSR count). The fourth-order valence-corrected chi connectivity index (χ4v) is 4.18. The van der Waals surface area contributed by atoms with Crippen molar-refractivity contribution in [3.8, 4) is 0 Å². The van der Waals surface area contributed by atoms with Crippen molar-refractivity contribution >= 4 is 10.0 Å². The number of sulfonamides is 1. The van der Waals surface area contributed by atoms with Crippen molar-refractivity contribution in [3.63, 3.8) is 0 Å². The molecule has 4 nitrogen and oxygen atoms in total. The summed E-state index contributed by atoms with van der Waals surface area (Å²) in [6, 6.07) is -0.0216. The second-order valence-corrected chi connectivity index (χ2v) is 7.07. The summed E-state index contributed by atoms with van der Waals surface area (Å²) >= 11 is 0. The first kappa shape index (κ1) is 14.1. The number of likely N-dealkylation sites (tertiary alicyclic amines) is 1. The third-order valence-electron chi connectivity index (χ3n) is 3.45. The Morgan fingerprint density at radius 1 is 1.17 bits per heavy atom. The second-order valence-electron chi connectivity index (χ2n) is 5.08. The van der Waals surface area contributed by atoms with Gasteiger partial charge in [-0.1, -0.05) is 12.8 Å². The Bertz CT molecular complexity index is 384. The second kappa shape index (κ2) is 4.97. The van der Waals surface area contributed by atoms with Gasteiger partial charge < -0.3 is 0 Å². The van der Waals surface area contributed by atoms with E-state index in [1.54, 1.807) is 0 Å². The average Bonchev–Trinajstić information content (AvgIpc) is 2.60. The van der Waals surface area contributed by atoms with Crippen LogP contribution in [-0.2, 0) is 10.0 Å². The highest BCUT2D eigenvalue weighted by molar-refractivity contribution is 7.90. The normalized spacial score (nSPS) is 24.4. The van der Waals surface area contributed by atoms with Crippen LogP contribution in [0.15, 0.2) is 0 Å². The summed E-state index contributed by atoms with van der Waals surface area (Å²) in [5.41, 5.74) is 0. The van der Waals surface area contributed by atoms with Gasteiger partial charge in [0.25, 0.3) is 0 Å². The van der Waals surface area contributed by atoms with Gasteiger partial charge in [-0.25, -0.2) is 13.1 Å². The summed E-state index contributed by atoms with van der Waals surface area (Å²) in [6.45, 7) is -1.08. The predicted molar refractivity (Wildman–Crippen MR) is 60.6 cm³/mol. The quantitative estimate of drug-likeness (QED) is 0.842. The lowest BCUT2D eigenvalue weighted by atomic mass is 10.2. The van der Waals surface area contributed by atoms with Crippen molar-refractivity contribution in [2.24, 2.45) is 0 Å². The fraction of sp³-hybridized carbons (Fsp3) is 1.00. The molecule has 0 aromatic carbocycles. The Balaban J connectivity index is 1.79. The van der Waals surface area contributed by atoms with Gasteiger partial charge in [-0.05, 0) is 12.8 Å². The minimum atomic E-state index is -4.26. The Labute approximate surface area is 105 Å². The summed E-state index contributed by atoms with van der Waals surface area (Å²) in [5.74, 6) is 0. The van der Waals surface area contributed by atoms with Crippen LogP contribution < -0.4 is 4.72 Å². The molecule has 0 unspecified atom stereocenters. The van der Waals surface area contributed by atoms with E-state index in [0.717, 1.165) is 30.6 Å². The van der Waals surface area contributed by atoms with Crippen molar-refractivity contribution in [1.29, 1.82) is 0 Å². The van der Waals surface area contributed by atoms with Crippen LogP contribution in [0.3, 0.4) is 0 Å². The van der Waals surface area contributed by atoms with Gasteiger partial charge >= 0.3 is 6.18 Å². The van der Waals surface area contributed by atoms with Gasteiger partial charge in [-0.3, -0.25) is 4.90 Å². The summed E-state index contributed by atoms with van der Waals surface area (Å²) in [5, 5.41) is -0.694. The van der Waals surface area contributed by atoms with Crippen molar-refractivity contribution < 1.29 is 21.6 Å². The van der Waals surface area contributed by atoms with E-state index in [1.807, 2.05) is 0 Å². The molecule has 0 atom stereocenters. The summed E-state index contributed by atoms with van der Waals surface area (Å²) in [4.78, 5) is 1.11. The summed E-state index contributed by atoms with van der Waals surface area (Å²) in [6.07, 6.45) is -0.569. The van der Waals surface area contributed by atoms with Crippen molar-refractivity contribution in [1.82, 2.24) is 9.62 Å². The lowest BCUT2D eigenvalue weighted by Crippen LogP contribution is -2.60. The van der Waals surface area contributed by atoms with Gasteiger partial charge in [0.1, 0.15) is 5.25 Å². The molecule has 106 valence electrons. The van der Waals surface area contributed by atoms with Crippen LogP contribution in [0.5, 0.6) is 0 Å². The molecule has 8 heteroatoms. The SMILES string of the molecule is O=S(=O)(NC1CCCC1)C1CN(CC(F)(F)F)C1. The van der Waals surface area contributed by atoms with Gasteiger partial charge in [0.05, 0.1) is 6.54 Å². The van der Waals surface area contributed by atoms with Gasteiger partial charge in [-0.15, -0.1) is 0 Å². The lowest BCUT2D eigenvalue weighted by molar-refractivity contribution is -0.152. The standard InChI is InChI=1S/C10H17F3N2O2S/c11-10(12,13)7-15-5-9(6-15)18(16,17)14-8-3-1-2-4-8/h8-9,14H,1-7H2. The third-order valence-corrected chi connectivity index (χ3v) is 5.29. The van der Waals surface area contributed by atoms with E-state index in [1.165, 1.54) is 0 Å². The minimum Gasteiger partial charge on any atom is -0.292 e. The maximum atomic E-state index is 12.1. The molecule has 1 saturated heterocycles. The van der Waals surface area contributed by atoms with Gasteiger partial charge in [0.15, 0.2) is 0 Å². The molecule has 0 amide bonds. The summed E-state index contributed by atoms with van der Waals surface area (Å²) in [7, 11) is -3.45. The molecule has 0 bridgehead atoms. The van der Waals surface area contributed by atoms with Crippen LogP contribution in [0.1, 0.15) is 25.7 Å². The Hall–Kier alpha value is -0.340. The van der Waals surface area contributed by atoms with Crippen LogP contribution in [0.25, 0.3) is 0 Å². The first-order valence-corrected chi connectivity index (χ1v) is 7.61. The largest absolute Gasteiger partial charge is 0.401 e. The zero-order chi connectivity index (χ0) is 13.4. The number of hydrogen-bond acceptors (Lipinski definition) is 3. The number of nitrogens with zero attached hydrogens (tertiary/aromatic N) is 1. The molecule has 0 radical (unpaired) electrons. The monoisotopic (exact) mass is 286 g/mol. The Morgan fingerprint density at radius 3 is 2.22 bits per heavy atom. The fourth-order valence-electron chi connectivity index (χ4n) is 2.47. The van der Waals surface area contributed by atoms with E-state index in [-0.39, 0.29) is 19.1 Å². The molecule has 1 saturated carbocycles. The molecule has 0 aromatic rings. The van der Waals surface area contributed by atoms with Crippen LogP contribution in [-0.4, -0.2) is 50.4 Å². The zero-order valence-corrected chi connectivity index (χ0v) is 10.7. The Morgan fingerprint density at radius 2 is 1.72 bits per heavy atom. The molecule has 1 N–H and O–H groups in total. The average molecular weight is 286 g/mol. The Kier molecular flexibility index (Phi) is 3.89. The van der Waals surface area contributed by atoms with E-state index < -0.39 is 28.0 Å². The number of rotatable bonds is 4. The van der Waals surface area contributed by atoms with Gasteiger partial charge in [0, 0.05) is 19.1 Å².